The van der Waals surface area contributed by atoms with Crippen LogP contribution in [0, 0.1) is 0 Å². The Labute approximate surface area is 112 Å². The second-order valence-corrected chi connectivity index (χ2v) is 4.41. The molecule has 0 unspecified atom stereocenters. The van der Waals surface area contributed by atoms with Crippen LogP contribution in [-0.2, 0) is 20.7 Å². The van der Waals surface area contributed by atoms with Crippen LogP contribution >= 0.6 is 0 Å². The molecule has 0 aromatic heterocycles. The first-order valence-electron chi connectivity index (χ1n) is 6.48. The first-order chi connectivity index (χ1) is 9.27. The summed E-state index contributed by atoms with van der Waals surface area (Å²) in [5.74, 6) is -0.910. The number of rotatable bonds is 5. The Hall–Kier alpha value is -1.65. The van der Waals surface area contributed by atoms with Crippen molar-refractivity contribution >= 4 is 5.97 Å². The van der Waals surface area contributed by atoms with E-state index in [4.69, 9.17) is 14.6 Å². The quantitative estimate of drug-likeness (QED) is 0.829. The van der Waals surface area contributed by atoms with Gasteiger partial charge in [0.1, 0.15) is 0 Å². The minimum Gasteiger partial charge on any atom is -0.478 e. The van der Waals surface area contributed by atoms with Gasteiger partial charge in [0.15, 0.2) is 6.29 Å². The van der Waals surface area contributed by atoms with Crippen molar-refractivity contribution in [3.8, 4) is 0 Å². The zero-order valence-electron chi connectivity index (χ0n) is 10.7. The molecule has 0 aliphatic carbocycles. The van der Waals surface area contributed by atoms with Gasteiger partial charge in [-0.25, -0.2) is 4.79 Å². The molecular weight excluding hydrogens is 244 g/mol. The molecule has 1 aliphatic rings. The second kappa shape index (κ2) is 7.07. The summed E-state index contributed by atoms with van der Waals surface area (Å²) in [6, 6.07) is 7.98. The fourth-order valence-corrected chi connectivity index (χ4v) is 2.08. The maximum absolute atomic E-state index is 10.4. The van der Waals surface area contributed by atoms with Crippen LogP contribution in [0.15, 0.2) is 36.4 Å². The summed E-state index contributed by atoms with van der Waals surface area (Å²) < 4.78 is 11.2. The van der Waals surface area contributed by atoms with Crippen molar-refractivity contribution in [2.24, 2.45) is 0 Å². The van der Waals surface area contributed by atoms with Crippen molar-refractivity contribution in [3.63, 3.8) is 0 Å². The van der Waals surface area contributed by atoms with Crippen molar-refractivity contribution in [1.82, 2.24) is 0 Å². The summed E-state index contributed by atoms with van der Waals surface area (Å²) in [6.07, 6.45) is 4.96. The summed E-state index contributed by atoms with van der Waals surface area (Å²) in [5.41, 5.74) is 2.19. The molecule has 1 aromatic rings. The molecule has 2 rings (SSSR count). The third-order valence-electron chi connectivity index (χ3n) is 2.98. The highest BCUT2D eigenvalue weighted by Crippen LogP contribution is 2.26. The van der Waals surface area contributed by atoms with Gasteiger partial charge in [-0.15, -0.1) is 0 Å². The van der Waals surface area contributed by atoms with Gasteiger partial charge in [-0.2, -0.15) is 0 Å². The molecule has 0 radical (unpaired) electrons. The van der Waals surface area contributed by atoms with E-state index in [-0.39, 0.29) is 6.29 Å². The van der Waals surface area contributed by atoms with Crippen molar-refractivity contribution in [3.05, 3.63) is 47.5 Å². The van der Waals surface area contributed by atoms with Crippen LogP contribution in [0.4, 0.5) is 0 Å². The third-order valence-corrected chi connectivity index (χ3v) is 2.98. The Balaban J connectivity index is 2.01. The van der Waals surface area contributed by atoms with Crippen molar-refractivity contribution in [2.45, 2.75) is 25.6 Å². The topological polar surface area (TPSA) is 55.8 Å². The highest BCUT2D eigenvalue weighted by Gasteiger charge is 2.18. The largest absolute Gasteiger partial charge is 0.478 e. The molecule has 0 bridgehead atoms. The lowest BCUT2D eigenvalue weighted by Gasteiger charge is -2.25. The predicted molar refractivity (Wildman–Crippen MR) is 70.8 cm³/mol. The van der Waals surface area contributed by atoms with E-state index in [2.05, 4.69) is 0 Å². The van der Waals surface area contributed by atoms with Crippen LogP contribution < -0.4 is 0 Å². The standard InChI is InChI=1S/C15H18O4/c16-14(17)9-4-2-7-12-6-1-3-8-13(12)15-18-10-5-11-19-15/h1,3-4,6,8-9,15H,2,5,7,10-11H2,(H,16,17)/b9-4+. The molecule has 1 heterocycles. The van der Waals surface area contributed by atoms with E-state index in [9.17, 15) is 4.79 Å². The lowest BCUT2D eigenvalue weighted by atomic mass is 10.0. The minimum atomic E-state index is -0.910. The molecule has 4 heteroatoms. The number of carbonyl (C=O) groups is 1. The summed E-state index contributed by atoms with van der Waals surface area (Å²) in [7, 11) is 0. The third kappa shape index (κ3) is 4.19. The number of ether oxygens (including phenoxy) is 2. The average molecular weight is 262 g/mol. The predicted octanol–water partition coefficient (Wildman–Crippen LogP) is 2.70. The number of hydrogen-bond acceptors (Lipinski definition) is 3. The van der Waals surface area contributed by atoms with Gasteiger partial charge in [0.05, 0.1) is 13.2 Å². The lowest BCUT2D eigenvalue weighted by Crippen LogP contribution is -2.18. The van der Waals surface area contributed by atoms with Gasteiger partial charge >= 0.3 is 5.97 Å². The van der Waals surface area contributed by atoms with Gasteiger partial charge in [0, 0.05) is 11.6 Å². The highest BCUT2D eigenvalue weighted by molar-refractivity contribution is 5.79. The van der Waals surface area contributed by atoms with E-state index in [1.54, 1.807) is 6.08 Å². The van der Waals surface area contributed by atoms with Gasteiger partial charge in [0.25, 0.3) is 0 Å². The monoisotopic (exact) mass is 262 g/mol. The number of aryl methyl sites for hydroxylation is 1. The number of carboxylic acid groups (broad SMARTS) is 1. The Morgan fingerprint density at radius 3 is 2.79 bits per heavy atom. The minimum absolute atomic E-state index is 0.284. The van der Waals surface area contributed by atoms with Crippen molar-refractivity contribution in [2.75, 3.05) is 13.2 Å². The Morgan fingerprint density at radius 2 is 2.05 bits per heavy atom. The van der Waals surface area contributed by atoms with E-state index < -0.39 is 5.97 Å². The smallest absolute Gasteiger partial charge is 0.327 e. The molecular formula is C15H18O4. The van der Waals surface area contributed by atoms with Crippen LogP contribution in [0.2, 0.25) is 0 Å². The summed E-state index contributed by atoms with van der Waals surface area (Å²) in [5, 5.41) is 8.54. The first kappa shape index (κ1) is 13.8. The zero-order valence-corrected chi connectivity index (χ0v) is 10.7. The summed E-state index contributed by atoms with van der Waals surface area (Å²) in [4.78, 5) is 10.4. The highest BCUT2D eigenvalue weighted by atomic mass is 16.7. The summed E-state index contributed by atoms with van der Waals surface area (Å²) in [6.45, 7) is 1.44. The number of benzene rings is 1. The molecule has 0 saturated carbocycles. The van der Waals surface area contributed by atoms with E-state index in [0.717, 1.165) is 37.2 Å². The number of hydrogen-bond donors (Lipinski definition) is 1. The Morgan fingerprint density at radius 1 is 1.32 bits per heavy atom. The van der Waals surface area contributed by atoms with Gasteiger partial charge in [0.2, 0.25) is 0 Å². The zero-order chi connectivity index (χ0) is 13.5. The van der Waals surface area contributed by atoms with E-state index in [0.29, 0.717) is 6.42 Å². The molecule has 19 heavy (non-hydrogen) atoms. The molecule has 0 atom stereocenters. The molecule has 1 aliphatic heterocycles. The molecule has 0 amide bonds. The number of aliphatic carboxylic acids is 1. The molecule has 1 saturated heterocycles. The van der Waals surface area contributed by atoms with Gasteiger partial charge < -0.3 is 14.6 Å². The summed E-state index contributed by atoms with van der Waals surface area (Å²) >= 11 is 0. The number of allylic oxidation sites excluding steroid dienone is 1. The molecule has 1 N–H and O–H groups in total. The number of carboxylic acids is 1. The molecule has 1 fully saturated rings. The van der Waals surface area contributed by atoms with E-state index in [1.165, 1.54) is 6.08 Å². The van der Waals surface area contributed by atoms with E-state index >= 15 is 0 Å². The van der Waals surface area contributed by atoms with Crippen molar-refractivity contribution in [1.29, 1.82) is 0 Å². The molecule has 0 spiro atoms. The van der Waals surface area contributed by atoms with Gasteiger partial charge in [-0.3, -0.25) is 0 Å². The maximum Gasteiger partial charge on any atom is 0.327 e. The van der Waals surface area contributed by atoms with Crippen LogP contribution in [-0.4, -0.2) is 24.3 Å². The van der Waals surface area contributed by atoms with Gasteiger partial charge in [-0.1, -0.05) is 30.3 Å². The Bertz CT molecular complexity index is 447. The maximum atomic E-state index is 10.4. The van der Waals surface area contributed by atoms with Crippen LogP contribution in [0.25, 0.3) is 0 Å². The normalized spacial score (nSPS) is 16.8. The van der Waals surface area contributed by atoms with Gasteiger partial charge in [-0.05, 0) is 24.8 Å². The lowest BCUT2D eigenvalue weighted by molar-refractivity contribution is -0.183. The molecule has 4 nitrogen and oxygen atoms in total. The average Bonchev–Trinajstić information content (AvgIpc) is 2.45. The van der Waals surface area contributed by atoms with Crippen LogP contribution in [0.5, 0.6) is 0 Å². The molecule has 1 aromatic carbocycles. The first-order valence-corrected chi connectivity index (χ1v) is 6.48. The molecule has 102 valence electrons. The van der Waals surface area contributed by atoms with Crippen LogP contribution in [0.3, 0.4) is 0 Å². The fraction of sp³-hybridized carbons (Fsp3) is 0.400. The van der Waals surface area contributed by atoms with Crippen LogP contribution in [0.1, 0.15) is 30.3 Å². The van der Waals surface area contributed by atoms with Crippen molar-refractivity contribution < 1.29 is 19.4 Å². The second-order valence-electron chi connectivity index (χ2n) is 4.41. The SMILES string of the molecule is O=C(O)/C=C/CCc1ccccc1C1OCCCO1. The fourth-order valence-electron chi connectivity index (χ4n) is 2.08. The van der Waals surface area contributed by atoms with E-state index in [1.807, 2.05) is 24.3 Å². The Kier molecular flexibility index (Phi) is 5.12.